The van der Waals surface area contributed by atoms with Gasteiger partial charge >= 0.3 is 11.9 Å². The molecular weight excluding hydrogens is 248 g/mol. The highest BCUT2D eigenvalue weighted by atomic mass is 16.7. The van der Waals surface area contributed by atoms with E-state index in [-0.39, 0.29) is 17.7 Å². The fraction of sp³-hybridized carbons (Fsp3) is 0.429. The molecule has 0 radical (unpaired) electrons. The smallest absolute Gasteiger partial charge is 0.341 e. The normalized spacial score (nSPS) is 21.8. The van der Waals surface area contributed by atoms with E-state index in [1.165, 1.54) is 13.8 Å². The van der Waals surface area contributed by atoms with Crippen molar-refractivity contribution in [3.05, 3.63) is 35.4 Å². The van der Waals surface area contributed by atoms with Gasteiger partial charge in [-0.15, -0.1) is 0 Å². The van der Waals surface area contributed by atoms with Crippen LogP contribution in [0, 0.1) is 5.41 Å². The molecular formula is C14H16O5. The van der Waals surface area contributed by atoms with Crippen LogP contribution in [0.5, 0.6) is 0 Å². The van der Waals surface area contributed by atoms with E-state index >= 15 is 0 Å². The topological polar surface area (TPSA) is 72.8 Å². The van der Waals surface area contributed by atoms with Gasteiger partial charge in [-0.2, -0.15) is 0 Å². The van der Waals surface area contributed by atoms with Crippen LogP contribution in [0.25, 0.3) is 0 Å². The van der Waals surface area contributed by atoms with Crippen LogP contribution in [0.15, 0.2) is 24.3 Å². The highest BCUT2D eigenvalue weighted by Gasteiger charge is 2.59. The summed E-state index contributed by atoms with van der Waals surface area (Å²) in [5.74, 6) is -3.27. The second-order valence-corrected chi connectivity index (χ2v) is 4.92. The maximum Gasteiger partial charge on any atom is 0.341 e. The molecule has 5 nitrogen and oxygen atoms in total. The number of carbonyl (C=O) groups is 2. The van der Waals surface area contributed by atoms with E-state index in [2.05, 4.69) is 0 Å². The molecule has 5 heteroatoms. The zero-order chi connectivity index (χ0) is 14.3. The molecule has 0 saturated carbocycles. The summed E-state index contributed by atoms with van der Waals surface area (Å²) in [6.07, 6.45) is 0. The van der Waals surface area contributed by atoms with Gasteiger partial charge in [-0.1, -0.05) is 18.2 Å². The van der Waals surface area contributed by atoms with Crippen molar-refractivity contribution in [2.45, 2.75) is 26.6 Å². The predicted molar refractivity (Wildman–Crippen MR) is 66.2 cm³/mol. The quantitative estimate of drug-likeness (QED) is 0.839. The first kappa shape index (κ1) is 13.5. The number of hydrogen-bond acceptors (Lipinski definition) is 5. The minimum absolute atomic E-state index is 0.188. The molecule has 1 aliphatic heterocycles. The van der Waals surface area contributed by atoms with Crippen molar-refractivity contribution in [1.82, 2.24) is 0 Å². The molecule has 1 heterocycles. The molecule has 0 aliphatic carbocycles. The lowest BCUT2D eigenvalue weighted by Gasteiger charge is -2.36. The summed E-state index contributed by atoms with van der Waals surface area (Å²) in [4.78, 5) is 23.8. The second kappa shape index (κ2) is 4.35. The van der Waals surface area contributed by atoms with Gasteiger partial charge in [0, 0.05) is 5.56 Å². The summed E-state index contributed by atoms with van der Waals surface area (Å²) < 4.78 is 10.0. The number of aliphatic hydroxyl groups is 1. The number of hydrogen-bond donors (Lipinski definition) is 1. The van der Waals surface area contributed by atoms with Gasteiger partial charge in [0.05, 0.1) is 12.2 Å². The van der Waals surface area contributed by atoms with Gasteiger partial charge in [0.2, 0.25) is 0 Å². The Bertz CT molecular complexity index is 534. The molecule has 0 spiro atoms. The highest BCUT2D eigenvalue weighted by molar-refractivity contribution is 5.95. The Morgan fingerprint density at radius 1 is 1.42 bits per heavy atom. The van der Waals surface area contributed by atoms with Crippen LogP contribution in [0.3, 0.4) is 0 Å². The number of fused-ring (bicyclic) bond motifs is 1. The van der Waals surface area contributed by atoms with Crippen LogP contribution < -0.4 is 0 Å². The van der Waals surface area contributed by atoms with Crippen LogP contribution in [0.4, 0.5) is 0 Å². The van der Waals surface area contributed by atoms with Crippen molar-refractivity contribution in [3.63, 3.8) is 0 Å². The fourth-order valence-electron chi connectivity index (χ4n) is 2.11. The molecule has 1 N–H and O–H groups in total. The standard InChI is InChI=1S/C14H16O5/c1-4-18-12(16)13(2,3)14(17)10-8-6-5-7-9(10)11(15)19-14/h5-8,17H,4H2,1-3H3. The van der Waals surface area contributed by atoms with E-state index in [4.69, 9.17) is 9.47 Å². The number of benzene rings is 1. The van der Waals surface area contributed by atoms with Crippen molar-refractivity contribution in [2.24, 2.45) is 5.41 Å². The summed E-state index contributed by atoms with van der Waals surface area (Å²) in [6.45, 7) is 4.83. The molecule has 1 aliphatic rings. The third-order valence-corrected chi connectivity index (χ3v) is 3.39. The van der Waals surface area contributed by atoms with E-state index in [1.54, 1.807) is 31.2 Å². The van der Waals surface area contributed by atoms with Crippen LogP contribution in [-0.2, 0) is 20.1 Å². The molecule has 102 valence electrons. The molecule has 1 aromatic carbocycles. The Balaban J connectivity index is 2.50. The number of carbonyl (C=O) groups excluding carboxylic acids is 2. The lowest BCUT2D eigenvalue weighted by atomic mass is 9.79. The van der Waals surface area contributed by atoms with Gasteiger partial charge in [0.15, 0.2) is 0 Å². The third-order valence-electron chi connectivity index (χ3n) is 3.39. The maximum atomic E-state index is 12.0. The van der Waals surface area contributed by atoms with Crippen molar-refractivity contribution >= 4 is 11.9 Å². The number of rotatable bonds is 3. The van der Waals surface area contributed by atoms with E-state index < -0.39 is 23.1 Å². The monoisotopic (exact) mass is 264 g/mol. The van der Waals surface area contributed by atoms with Crippen LogP contribution >= 0.6 is 0 Å². The maximum absolute atomic E-state index is 12.0. The second-order valence-electron chi connectivity index (χ2n) is 4.92. The van der Waals surface area contributed by atoms with Gasteiger partial charge in [-0.25, -0.2) is 4.79 Å². The molecule has 2 rings (SSSR count). The zero-order valence-electron chi connectivity index (χ0n) is 11.1. The van der Waals surface area contributed by atoms with E-state index in [1.807, 2.05) is 0 Å². The summed E-state index contributed by atoms with van der Waals surface area (Å²) in [5, 5.41) is 10.7. The number of ether oxygens (including phenoxy) is 2. The molecule has 0 bridgehead atoms. The van der Waals surface area contributed by atoms with Gasteiger partial charge in [0.25, 0.3) is 5.79 Å². The summed E-state index contributed by atoms with van der Waals surface area (Å²) in [7, 11) is 0. The Morgan fingerprint density at radius 3 is 2.68 bits per heavy atom. The SMILES string of the molecule is CCOC(=O)C(C)(C)C1(O)OC(=O)c2ccccc21. The Morgan fingerprint density at radius 2 is 2.05 bits per heavy atom. The molecule has 0 amide bonds. The van der Waals surface area contributed by atoms with Gasteiger partial charge in [-0.3, -0.25) is 4.79 Å². The van der Waals surface area contributed by atoms with Crippen molar-refractivity contribution in [3.8, 4) is 0 Å². The van der Waals surface area contributed by atoms with E-state index in [0.29, 0.717) is 0 Å². The first-order chi connectivity index (χ1) is 8.84. The first-order valence-corrected chi connectivity index (χ1v) is 6.07. The Hall–Kier alpha value is -1.88. The van der Waals surface area contributed by atoms with Crippen molar-refractivity contribution in [1.29, 1.82) is 0 Å². The van der Waals surface area contributed by atoms with E-state index in [0.717, 1.165) is 0 Å². The van der Waals surface area contributed by atoms with Crippen molar-refractivity contribution < 1.29 is 24.2 Å². The summed E-state index contributed by atoms with van der Waals surface area (Å²) >= 11 is 0. The highest BCUT2D eigenvalue weighted by Crippen LogP contribution is 2.47. The van der Waals surface area contributed by atoms with Crippen molar-refractivity contribution in [2.75, 3.05) is 6.61 Å². The van der Waals surface area contributed by atoms with Crippen LogP contribution in [0.1, 0.15) is 36.7 Å². The number of esters is 2. The minimum atomic E-state index is -2.01. The Kier molecular flexibility index (Phi) is 3.10. The Labute approximate surface area is 111 Å². The first-order valence-electron chi connectivity index (χ1n) is 6.07. The lowest BCUT2D eigenvalue weighted by Crippen LogP contribution is -2.48. The summed E-state index contributed by atoms with van der Waals surface area (Å²) in [5.41, 5.74) is -0.842. The zero-order valence-corrected chi connectivity index (χ0v) is 11.1. The molecule has 0 fully saturated rings. The minimum Gasteiger partial charge on any atom is -0.465 e. The lowest BCUT2D eigenvalue weighted by molar-refractivity contribution is -0.240. The molecule has 19 heavy (non-hydrogen) atoms. The third kappa shape index (κ3) is 1.81. The molecule has 1 unspecified atom stereocenters. The summed E-state index contributed by atoms with van der Waals surface area (Å²) in [6, 6.07) is 6.47. The average Bonchev–Trinajstić information content (AvgIpc) is 2.64. The van der Waals surface area contributed by atoms with Gasteiger partial charge < -0.3 is 14.6 Å². The molecule has 0 saturated heterocycles. The number of cyclic esters (lactones) is 1. The molecule has 1 aromatic rings. The fourth-order valence-corrected chi connectivity index (χ4v) is 2.11. The van der Waals surface area contributed by atoms with Gasteiger partial charge in [0.1, 0.15) is 5.41 Å². The molecule has 0 aromatic heterocycles. The van der Waals surface area contributed by atoms with Crippen LogP contribution in [0.2, 0.25) is 0 Å². The van der Waals surface area contributed by atoms with Crippen LogP contribution in [-0.4, -0.2) is 23.7 Å². The molecule has 1 atom stereocenters. The van der Waals surface area contributed by atoms with E-state index in [9.17, 15) is 14.7 Å². The average molecular weight is 264 g/mol. The largest absolute Gasteiger partial charge is 0.465 e. The predicted octanol–water partition coefficient (Wildman–Crippen LogP) is 1.59. The van der Waals surface area contributed by atoms with Gasteiger partial charge in [-0.05, 0) is 26.8 Å².